The molecule has 0 radical (unpaired) electrons. The van der Waals surface area contributed by atoms with E-state index >= 15 is 0 Å². The second kappa shape index (κ2) is 6.42. The molecule has 19 heavy (non-hydrogen) atoms. The molecule has 1 aliphatic rings. The van der Waals surface area contributed by atoms with Gasteiger partial charge in [-0.2, -0.15) is 0 Å². The zero-order chi connectivity index (χ0) is 13.8. The van der Waals surface area contributed by atoms with Crippen molar-refractivity contribution in [3.8, 4) is 0 Å². The molecule has 1 nitrogen and oxygen atoms in total. The van der Waals surface area contributed by atoms with Gasteiger partial charge in [0.2, 0.25) is 0 Å². The van der Waals surface area contributed by atoms with E-state index in [0.717, 1.165) is 25.1 Å². The Morgan fingerprint density at radius 2 is 1.79 bits per heavy atom. The highest BCUT2D eigenvalue weighted by molar-refractivity contribution is 5.20. The Morgan fingerprint density at radius 1 is 1.16 bits per heavy atom. The fraction of sp³-hybridized carbons (Fsp3) is 0.600. The van der Waals surface area contributed by atoms with E-state index in [2.05, 4.69) is 12.2 Å². The van der Waals surface area contributed by atoms with Crippen molar-refractivity contribution in [2.45, 2.75) is 45.1 Å². The average molecular weight is 271 g/mol. The molecule has 0 amide bonds. The Bertz CT molecular complexity index is 406. The Morgan fingerprint density at radius 3 is 2.37 bits per heavy atom. The summed E-state index contributed by atoms with van der Waals surface area (Å²) in [6.45, 7) is 3.04. The molecule has 106 valence electrons. The molecule has 1 fully saturated rings. The molecule has 1 N–H and O–H groups in total. The van der Waals surface area contributed by atoms with Crippen LogP contribution in [0.25, 0.3) is 0 Å². The lowest BCUT2D eigenvalue weighted by atomic mass is 9.97. The van der Waals surface area contributed by atoms with E-state index in [1.165, 1.54) is 12.8 Å². The van der Waals surface area contributed by atoms with Crippen LogP contribution in [0.2, 0.25) is 0 Å². The summed E-state index contributed by atoms with van der Waals surface area (Å²) in [6, 6.07) is 2.19. The maximum absolute atomic E-state index is 13.4. The number of hydrogen-bond acceptors (Lipinski definition) is 1. The van der Waals surface area contributed by atoms with Crippen molar-refractivity contribution in [2.24, 2.45) is 5.92 Å². The first-order valence-corrected chi connectivity index (χ1v) is 6.93. The summed E-state index contributed by atoms with van der Waals surface area (Å²) in [5.74, 6) is -2.02. The van der Waals surface area contributed by atoms with Gasteiger partial charge in [0, 0.05) is 23.7 Å². The van der Waals surface area contributed by atoms with Crippen molar-refractivity contribution in [1.82, 2.24) is 5.32 Å². The molecule has 0 aromatic heterocycles. The van der Waals surface area contributed by atoms with Gasteiger partial charge in [-0.25, -0.2) is 13.2 Å². The van der Waals surface area contributed by atoms with Gasteiger partial charge in [-0.05, 0) is 44.6 Å². The Labute approximate surface area is 112 Å². The normalized spacial score (nSPS) is 16.6. The van der Waals surface area contributed by atoms with E-state index in [1.807, 2.05) is 0 Å². The van der Waals surface area contributed by atoms with Crippen molar-refractivity contribution in [2.75, 3.05) is 6.54 Å². The van der Waals surface area contributed by atoms with Crippen molar-refractivity contribution < 1.29 is 13.2 Å². The summed E-state index contributed by atoms with van der Waals surface area (Å²) in [7, 11) is 0. The van der Waals surface area contributed by atoms with Crippen LogP contribution in [0.1, 0.15) is 38.2 Å². The predicted molar refractivity (Wildman–Crippen MR) is 69.4 cm³/mol. The molecule has 1 saturated carbocycles. The van der Waals surface area contributed by atoms with Gasteiger partial charge in [0.25, 0.3) is 0 Å². The third-order valence-electron chi connectivity index (χ3n) is 3.64. The molecular weight excluding hydrogens is 251 g/mol. The maximum Gasteiger partial charge on any atom is 0.132 e. The lowest BCUT2D eigenvalue weighted by molar-refractivity contribution is 0.453. The monoisotopic (exact) mass is 271 g/mol. The molecular formula is C15H20F3N. The predicted octanol–water partition coefficient (Wildman–Crippen LogP) is 3.81. The minimum atomic E-state index is -0.861. The number of halogens is 3. The van der Waals surface area contributed by atoms with Gasteiger partial charge in [-0.3, -0.25) is 0 Å². The largest absolute Gasteiger partial charge is 0.314 e. The molecule has 0 saturated heterocycles. The molecule has 1 atom stereocenters. The maximum atomic E-state index is 13.4. The summed E-state index contributed by atoms with van der Waals surface area (Å²) in [6.07, 6.45) is 4.57. The molecule has 1 aromatic rings. The third kappa shape index (κ3) is 4.53. The first-order chi connectivity index (χ1) is 9.06. The topological polar surface area (TPSA) is 12.0 Å². The molecule has 1 unspecified atom stereocenters. The Balaban J connectivity index is 1.77. The smallest absolute Gasteiger partial charge is 0.132 e. The van der Waals surface area contributed by atoms with Gasteiger partial charge >= 0.3 is 0 Å². The molecule has 0 spiro atoms. The fourth-order valence-corrected chi connectivity index (χ4v) is 2.17. The van der Waals surface area contributed by atoms with Crippen LogP contribution in [0.4, 0.5) is 13.2 Å². The lowest BCUT2D eigenvalue weighted by Gasteiger charge is -2.12. The molecule has 4 heteroatoms. The van der Waals surface area contributed by atoms with Crippen LogP contribution in [-0.2, 0) is 6.42 Å². The van der Waals surface area contributed by atoms with E-state index in [-0.39, 0.29) is 5.56 Å². The van der Waals surface area contributed by atoms with E-state index in [9.17, 15) is 13.2 Å². The standard InChI is InChI=1S/C15H20F3N/c1-10(6-7-19-12-3-4-12)2-5-13-14(17)8-11(16)9-15(13)18/h8-10,12,19H,2-7H2,1H3. The number of benzene rings is 1. The number of nitrogens with one attached hydrogen (secondary N) is 1. The second-order valence-corrected chi connectivity index (χ2v) is 5.51. The fourth-order valence-electron chi connectivity index (χ4n) is 2.17. The van der Waals surface area contributed by atoms with Crippen LogP contribution in [0, 0.1) is 23.4 Å². The number of hydrogen-bond donors (Lipinski definition) is 1. The van der Waals surface area contributed by atoms with Gasteiger partial charge < -0.3 is 5.32 Å². The second-order valence-electron chi connectivity index (χ2n) is 5.51. The third-order valence-corrected chi connectivity index (χ3v) is 3.64. The lowest BCUT2D eigenvalue weighted by Crippen LogP contribution is -2.19. The zero-order valence-electron chi connectivity index (χ0n) is 11.2. The highest BCUT2D eigenvalue weighted by atomic mass is 19.1. The van der Waals surface area contributed by atoms with E-state index in [0.29, 0.717) is 24.8 Å². The summed E-state index contributed by atoms with van der Waals surface area (Å²) in [5, 5.41) is 3.42. The van der Waals surface area contributed by atoms with Gasteiger partial charge in [0.1, 0.15) is 17.5 Å². The van der Waals surface area contributed by atoms with E-state index in [1.54, 1.807) is 0 Å². The van der Waals surface area contributed by atoms with Crippen molar-refractivity contribution in [3.05, 3.63) is 35.1 Å². The van der Waals surface area contributed by atoms with E-state index in [4.69, 9.17) is 0 Å². The van der Waals surface area contributed by atoms with Crippen LogP contribution in [0.3, 0.4) is 0 Å². The van der Waals surface area contributed by atoms with Gasteiger partial charge in [-0.15, -0.1) is 0 Å². The highest BCUT2D eigenvalue weighted by Crippen LogP contribution is 2.21. The Hall–Kier alpha value is -1.03. The molecule has 1 aliphatic carbocycles. The molecule has 0 aliphatic heterocycles. The van der Waals surface area contributed by atoms with Crippen LogP contribution in [-0.4, -0.2) is 12.6 Å². The summed E-state index contributed by atoms with van der Waals surface area (Å²) < 4.78 is 39.6. The Kier molecular flexibility index (Phi) is 4.86. The quantitative estimate of drug-likeness (QED) is 0.795. The summed E-state index contributed by atoms with van der Waals surface area (Å²) in [5.41, 5.74) is 0.00315. The number of rotatable bonds is 7. The minimum absolute atomic E-state index is 0.00315. The van der Waals surface area contributed by atoms with Crippen LogP contribution in [0.15, 0.2) is 12.1 Å². The van der Waals surface area contributed by atoms with E-state index < -0.39 is 17.5 Å². The minimum Gasteiger partial charge on any atom is -0.314 e. The molecule has 1 aromatic carbocycles. The SMILES string of the molecule is CC(CCNC1CC1)CCc1c(F)cc(F)cc1F. The van der Waals surface area contributed by atoms with Crippen LogP contribution in [0.5, 0.6) is 0 Å². The summed E-state index contributed by atoms with van der Waals surface area (Å²) >= 11 is 0. The first-order valence-electron chi connectivity index (χ1n) is 6.93. The average Bonchev–Trinajstić information content (AvgIpc) is 3.11. The van der Waals surface area contributed by atoms with Crippen molar-refractivity contribution in [1.29, 1.82) is 0 Å². The van der Waals surface area contributed by atoms with Crippen LogP contribution >= 0.6 is 0 Å². The molecule has 2 rings (SSSR count). The highest BCUT2D eigenvalue weighted by Gasteiger charge is 2.20. The molecule has 0 bridgehead atoms. The van der Waals surface area contributed by atoms with Gasteiger partial charge in [0.15, 0.2) is 0 Å². The van der Waals surface area contributed by atoms with Gasteiger partial charge in [0.05, 0.1) is 0 Å². The zero-order valence-corrected chi connectivity index (χ0v) is 11.2. The van der Waals surface area contributed by atoms with Crippen molar-refractivity contribution in [3.63, 3.8) is 0 Å². The van der Waals surface area contributed by atoms with Crippen LogP contribution < -0.4 is 5.32 Å². The summed E-state index contributed by atoms with van der Waals surface area (Å²) in [4.78, 5) is 0. The molecule has 0 heterocycles. The van der Waals surface area contributed by atoms with Gasteiger partial charge in [-0.1, -0.05) is 6.92 Å². The van der Waals surface area contributed by atoms with Crippen molar-refractivity contribution >= 4 is 0 Å². The first kappa shape index (κ1) is 14.4.